The summed E-state index contributed by atoms with van der Waals surface area (Å²) in [5.74, 6) is 1.77. The highest BCUT2D eigenvalue weighted by molar-refractivity contribution is 5.79. The lowest BCUT2D eigenvalue weighted by Gasteiger charge is -2.16. The van der Waals surface area contributed by atoms with E-state index >= 15 is 0 Å². The van der Waals surface area contributed by atoms with Crippen molar-refractivity contribution in [3.63, 3.8) is 0 Å². The fraction of sp³-hybridized carbons (Fsp3) is 0.400. The normalized spacial score (nSPS) is 11.3. The van der Waals surface area contributed by atoms with Gasteiger partial charge >= 0.3 is 0 Å². The number of rotatable bonds is 6. The minimum Gasteiger partial charge on any atom is -0.362 e. The Morgan fingerprint density at radius 3 is 2.60 bits per heavy atom. The van der Waals surface area contributed by atoms with Crippen LogP contribution in [0.1, 0.15) is 29.2 Å². The second-order valence-corrected chi connectivity index (χ2v) is 6.36. The number of aryl methyl sites for hydroxylation is 2. The van der Waals surface area contributed by atoms with Crippen molar-refractivity contribution in [3.05, 3.63) is 58.8 Å². The predicted molar refractivity (Wildman–Crippen MR) is 106 cm³/mol. The Morgan fingerprint density at radius 1 is 1.12 bits per heavy atom. The number of hydrogen-bond acceptors (Lipinski definition) is 3. The van der Waals surface area contributed by atoms with Crippen molar-refractivity contribution < 1.29 is 0 Å². The van der Waals surface area contributed by atoms with Gasteiger partial charge in [0, 0.05) is 38.9 Å². The first kappa shape index (κ1) is 18.8. The number of aliphatic imine (C=N–C) groups is 1. The summed E-state index contributed by atoms with van der Waals surface area (Å²) < 4.78 is 0. The van der Waals surface area contributed by atoms with Gasteiger partial charge in [0.05, 0.1) is 6.54 Å². The Balaban J connectivity index is 2.08. The number of anilines is 1. The molecule has 0 saturated heterocycles. The molecule has 0 radical (unpaired) electrons. The molecule has 2 rings (SSSR count). The van der Waals surface area contributed by atoms with Crippen molar-refractivity contribution in [3.8, 4) is 0 Å². The van der Waals surface area contributed by atoms with Crippen LogP contribution in [-0.2, 0) is 13.1 Å². The first-order valence-corrected chi connectivity index (χ1v) is 8.70. The van der Waals surface area contributed by atoms with E-state index in [0.717, 1.165) is 30.4 Å². The molecule has 134 valence electrons. The summed E-state index contributed by atoms with van der Waals surface area (Å²) in [5.41, 5.74) is 4.97. The van der Waals surface area contributed by atoms with Crippen LogP contribution in [-0.4, -0.2) is 31.6 Å². The van der Waals surface area contributed by atoms with Crippen LogP contribution in [0.2, 0.25) is 0 Å². The average Bonchev–Trinajstić information content (AvgIpc) is 2.58. The maximum absolute atomic E-state index is 4.72. The molecule has 1 heterocycles. The lowest BCUT2D eigenvalue weighted by Crippen LogP contribution is -2.37. The molecule has 5 heteroatoms. The molecule has 0 aliphatic carbocycles. The quantitative estimate of drug-likeness (QED) is 0.627. The standard InChI is InChI=1S/C20H29N5/c1-6-21-20(23-13-17-10-9-15(2)12-16(17)3)24-14-18-8-7-11-22-19(18)25(4)5/h7-12H,6,13-14H2,1-5H3,(H2,21,23,24). The van der Waals surface area contributed by atoms with Crippen LogP contribution in [0.5, 0.6) is 0 Å². The first-order valence-electron chi connectivity index (χ1n) is 8.70. The predicted octanol–water partition coefficient (Wildman–Crippen LogP) is 3.02. The van der Waals surface area contributed by atoms with E-state index in [1.807, 2.05) is 31.3 Å². The molecule has 0 aliphatic heterocycles. The highest BCUT2D eigenvalue weighted by atomic mass is 15.2. The zero-order valence-corrected chi connectivity index (χ0v) is 15.9. The summed E-state index contributed by atoms with van der Waals surface area (Å²) in [6, 6.07) is 10.5. The lowest BCUT2D eigenvalue weighted by molar-refractivity contribution is 0.811. The fourth-order valence-corrected chi connectivity index (χ4v) is 2.69. The molecular formula is C20H29N5. The molecule has 0 saturated carbocycles. The third kappa shape index (κ3) is 5.48. The Hall–Kier alpha value is -2.56. The number of guanidine groups is 1. The van der Waals surface area contributed by atoms with Gasteiger partial charge in [-0.1, -0.05) is 29.8 Å². The molecule has 0 amide bonds. The van der Waals surface area contributed by atoms with Crippen molar-refractivity contribution >= 4 is 11.8 Å². The lowest BCUT2D eigenvalue weighted by atomic mass is 10.1. The Bertz CT molecular complexity index is 722. The largest absolute Gasteiger partial charge is 0.362 e. The molecule has 2 aromatic rings. The van der Waals surface area contributed by atoms with Gasteiger partial charge in [0.2, 0.25) is 0 Å². The van der Waals surface area contributed by atoms with Gasteiger partial charge in [-0.2, -0.15) is 0 Å². The smallest absolute Gasteiger partial charge is 0.191 e. The molecule has 1 aromatic carbocycles. The highest BCUT2D eigenvalue weighted by Crippen LogP contribution is 2.15. The Morgan fingerprint density at radius 2 is 1.92 bits per heavy atom. The molecule has 5 nitrogen and oxygen atoms in total. The van der Waals surface area contributed by atoms with Crippen LogP contribution >= 0.6 is 0 Å². The summed E-state index contributed by atoms with van der Waals surface area (Å²) in [5, 5.41) is 6.73. The number of hydrogen-bond donors (Lipinski definition) is 2. The van der Waals surface area contributed by atoms with Gasteiger partial charge in [-0.25, -0.2) is 9.98 Å². The molecule has 2 N–H and O–H groups in total. The zero-order chi connectivity index (χ0) is 18.2. The first-order chi connectivity index (χ1) is 12.0. The van der Waals surface area contributed by atoms with Crippen LogP contribution in [0.25, 0.3) is 0 Å². The van der Waals surface area contributed by atoms with E-state index in [1.165, 1.54) is 16.7 Å². The number of pyridine rings is 1. The SMILES string of the molecule is CCNC(=NCc1cccnc1N(C)C)NCc1ccc(C)cc1C. The molecule has 0 spiro atoms. The number of nitrogens with one attached hydrogen (secondary N) is 2. The number of nitrogens with zero attached hydrogens (tertiary/aromatic N) is 3. The maximum Gasteiger partial charge on any atom is 0.191 e. The fourth-order valence-electron chi connectivity index (χ4n) is 2.69. The van der Waals surface area contributed by atoms with Gasteiger partial charge in [0.15, 0.2) is 5.96 Å². The minimum atomic E-state index is 0.587. The second kappa shape index (κ2) is 9.06. The average molecular weight is 339 g/mol. The molecular weight excluding hydrogens is 310 g/mol. The van der Waals surface area contributed by atoms with E-state index in [4.69, 9.17) is 4.99 Å². The van der Waals surface area contributed by atoms with Crippen LogP contribution in [0, 0.1) is 13.8 Å². The van der Waals surface area contributed by atoms with E-state index in [-0.39, 0.29) is 0 Å². The van der Waals surface area contributed by atoms with Gasteiger partial charge in [0.1, 0.15) is 5.82 Å². The van der Waals surface area contributed by atoms with Gasteiger partial charge in [-0.15, -0.1) is 0 Å². The van der Waals surface area contributed by atoms with E-state index in [1.54, 1.807) is 0 Å². The molecule has 1 aromatic heterocycles. The van der Waals surface area contributed by atoms with Crippen LogP contribution in [0.4, 0.5) is 5.82 Å². The summed E-state index contributed by atoms with van der Waals surface area (Å²) in [7, 11) is 4.00. The highest BCUT2D eigenvalue weighted by Gasteiger charge is 2.06. The van der Waals surface area contributed by atoms with Gasteiger partial charge in [0.25, 0.3) is 0 Å². The monoisotopic (exact) mass is 339 g/mol. The summed E-state index contributed by atoms with van der Waals surface area (Å²) in [4.78, 5) is 11.2. The van der Waals surface area contributed by atoms with Crippen molar-refractivity contribution in [1.82, 2.24) is 15.6 Å². The van der Waals surface area contributed by atoms with Gasteiger partial charge in [-0.3, -0.25) is 0 Å². The molecule has 0 fully saturated rings. The van der Waals surface area contributed by atoms with Gasteiger partial charge < -0.3 is 15.5 Å². The maximum atomic E-state index is 4.72. The summed E-state index contributed by atoms with van der Waals surface area (Å²) in [6.07, 6.45) is 1.81. The van der Waals surface area contributed by atoms with Crippen LogP contribution in [0.15, 0.2) is 41.5 Å². The van der Waals surface area contributed by atoms with E-state index in [0.29, 0.717) is 6.54 Å². The van der Waals surface area contributed by atoms with Crippen LogP contribution < -0.4 is 15.5 Å². The number of benzene rings is 1. The third-order valence-corrected chi connectivity index (χ3v) is 3.99. The molecule has 0 bridgehead atoms. The van der Waals surface area contributed by atoms with E-state index in [2.05, 4.69) is 60.7 Å². The Kier molecular flexibility index (Phi) is 6.81. The summed E-state index contributed by atoms with van der Waals surface area (Å²) >= 11 is 0. The topological polar surface area (TPSA) is 52.6 Å². The summed E-state index contributed by atoms with van der Waals surface area (Å²) in [6.45, 7) is 8.50. The molecule has 0 aliphatic rings. The number of aromatic nitrogens is 1. The minimum absolute atomic E-state index is 0.587. The van der Waals surface area contributed by atoms with E-state index < -0.39 is 0 Å². The van der Waals surface area contributed by atoms with Gasteiger partial charge in [-0.05, 0) is 38.0 Å². The van der Waals surface area contributed by atoms with E-state index in [9.17, 15) is 0 Å². The molecule has 0 unspecified atom stereocenters. The Labute approximate surface area is 151 Å². The molecule has 25 heavy (non-hydrogen) atoms. The van der Waals surface area contributed by atoms with Crippen molar-refractivity contribution in [2.75, 3.05) is 25.5 Å². The van der Waals surface area contributed by atoms with Crippen molar-refractivity contribution in [2.45, 2.75) is 33.9 Å². The molecule has 0 atom stereocenters. The van der Waals surface area contributed by atoms with Crippen molar-refractivity contribution in [2.24, 2.45) is 4.99 Å². The van der Waals surface area contributed by atoms with Crippen LogP contribution in [0.3, 0.4) is 0 Å². The van der Waals surface area contributed by atoms with Crippen molar-refractivity contribution in [1.29, 1.82) is 0 Å². The third-order valence-electron chi connectivity index (χ3n) is 3.99. The zero-order valence-electron chi connectivity index (χ0n) is 15.9. The second-order valence-electron chi connectivity index (χ2n) is 6.36.